The Morgan fingerprint density at radius 1 is 1.39 bits per heavy atom. The van der Waals surface area contributed by atoms with Crippen LogP contribution in [0.25, 0.3) is 0 Å². The summed E-state index contributed by atoms with van der Waals surface area (Å²) in [5, 5.41) is 14.5. The second kappa shape index (κ2) is 7.13. The van der Waals surface area contributed by atoms with Gasteiger partial charge in [-0.3, -0.25) is 4.79 Å². The fourth-order valence-electron chi connectivity index (χ4n) is 1.37. The van der Waals surface area contributed by atoms with Crippen molar-refractivity contribution in [3.63, 3.8) is 0 Å². The highest BCUT2D eigenvalue weighted by atomic mass is 79.9. The number of hydrogen-bond donors (Lipinski definition) is 3. The normalized spacial score (nSPS) is 10.1. The predicted octanol–water partition coefficient (Wildman–Crippen LogP) is 1.37. The van der Waals surface area contributed by atoms with E-state index < -0.39 is 5.97 Å². The van der Waals surface area contributed by atoms with Gasteiger partial charge in [0.05, 0.1) is 5.56 Å². The van der Waals surface area contributed by atoms with Gasteiger partial charge in [-0.25, -0.2) is 4.79 Å². The molecule has 0 saturated carbocycles. The molecule has 1 aromatic rings. The number of carboxylic acids is 1. The van der Waals surface area contributed by atoms with Gasteiger partial charge in [0.2, 0.25) is 5.91 Å². The molecule has 98 valence electrons. The zero-order valence-electron chi connectivity index (χ0n) is 10.00. The molecule has 5 nitrogen and oxygen atoms in total. The van der Waals surface area contributed by atoms with E-state index in [0.717, 1.165) is 10.0 Å². The van der Waals surface area contributed by atoms with Gasteiger partial charge < -0.3 is 15.7 Å². The average molecular weight is 315 g/mol. The van der Waals surface area contributed by atoms with E-state index in [1.807, 2.05) is 0 Å². The fraction of sp³-hybridized carbons (Fsp3) is 0.333. The van der Waals surface area contributed by atoms with Gasteiger partial charge in [0.15, 0.2) is 0 Å². The van der Waals surface area contributed by atoms with Gasteiger partial charge in [-0.15, -0.1) is 0 Å². The topological polar surface area (TPSA) is 78.4 Å². The first kappa shape index (κ1) is 14.7. The maximum atomic E-state index is 11.0. The van der Waals surface area contributed by atoms with Crippen molar-refractivity contribution in [3.8, 4) is 0 Å². The SMILES string of the molecule is CNC(=O)CCNCc1ccc(C(=O)O)cc1Br. The molecule has 0 aliphatic carbocycles. The van der Waals surface area contributed by atoms with E-state index in [1.54, 1.807) is 25.2 Å². The number of rotatable bonds is 6. The predicted molar refractivity (Wildman–Crippen MR) is 71.5 cm³/mol. The molecule has 0 spiro atoms. The number of halogens is 1. The summed E-state index contributed by atoms with van der Waals surface area (Å²) in [7, 11) is 1.60. The van der Waals surface area contributed by atoms with Crippen LogP contribution in [0.5, 0.6) is 0 Å². The van der Waals surface area contributed by atoms with E-state index in [4.69, 9.17) is 5.11 Å². The Labute approximate surface area is 114 Å². The molecule has 0 heterocycles. The highest BCUT2D eigenvalue weighted by molar-refractivity contribution is 9.10. The van der Waals surface area contributed by atoms with Gasteiger partial charge >= 0.3 is 5.97 Å². The van der Waals surface area contributed by atoms with Crippen LogP contribution >= 0.6 is 15.9 Å². The Kier molecular flexibility index (Phi) is 5.80. The zero-order chi connectivity index (χ0) is 13.5. The van der Waals surface area contributed by atoms with Crippen LogP contribution in [0.1, 0.15) is 22.3 Å². The van der Waals surface area contributed by atoms with E-state index in [9.17, 15) is 9.59 Å². The molecule has 0 fully saturated rings. The van der Waals surface area contributed by atoms with Crippen LogP contribution in [0.2, 0.25) is 0 Å². The van der Waals surface area contributed by atoms with Crippen LogP contribution in [0.4, 0.5) is 0 Å². The summed E-state index contributed by atoms with van der Waals surface area (Å²) in [4.78, 5) is 21.7. The standard InChI is InChI=1S/C12H15BrN2O3/c1-14-11(16)4-5-15-7-9-3-2-8(12(17)18)6-10(9)13/h2-3,6,15H,4-5,7H2,1H3,(H,14,16)(H,17,18). The average Bonchev–Trinajstić information content (AvgIpc) is 2.35. The molecule has 0 unspecified atom stereocenters. The minimum absolute atomic E-state index is 0.0113. The van der Waals surface area contributed by atoms with E-state index in [1.165, 1.54) is 0 Å². The minimum Gasteiger partial charge on any atom is -0.478 e. The van der Waals surface area contributed by atoms with Crippen molar-refractivity contribution in [1.82, 2.24) is 10.6 Å². The van der Waals surface area contributed by atoms with Gasteiger partial charge in [0.1, 0.15) is 0 Å². The van der Waals surface area contributed by atoms with Gasteiger partial charge in [-0.05, 0) is 17.7 Å². The first-order chi connectivity index (χ1) is 8.54. The van der Waals surface area contributed by atoms with Gasteiger partial charge in [-0.2, -0.15) is 0 Å². The Morgan fingerprint density at radius 3 is 2.67 bits per heavy atom. The number of amides is 1. The largest absolute Gasteiger partial charge is 0.478 e. The van der Waals surface area contributed by atoms with Crippen LogP contribution in [-0.2, 0) is 11.3 Å². The molecule has 0 bridgehead atoms. The van der Waals surface area contributed by atoms with Crippen LogP contribution in [0.15, 0.2) is 22.7 Å². The van der Waals surface area contributed by atoms with Crippen molar-refractivity contribution < 1.29 is 14.7 Å². The Balaban J connectivity index is 2.48. The number of carboxylic acid groups (broad SMARTS) is 1. The first-order valence-electron chi connectivity index (χ1n) is 5.47. The second-order valence-corrected chi connectivity index (χ2v) is 4.57. The van der Waals surface area contributed by atoms with Crippen molar-refractivity contribution >= 4 is 27.8 Å². The number of carbonyl (C=O) groups is 2. The van der Waals surface area contributed by atoms with Gasteiger partial charge in [0, 0.05) is 31.0 Å². The molecular formula is C12H15BrN2O3. The molecule has 18 heavy (non-hydrogen) atoms. The third-order valence-electron chi connectivity index (χ3n) is 2.42. The lowest BCUT2D eigenvalue weighted by Crippen LogP contribution is -2.24. The minimum atomic E-state index is -0.949. The smallest absolute Gasteiger partial charge is 0.335 e. The molecule has 0 aliphatic heterocycles. The molecule has 0 aromatic heterocycles. The second-order valence-electron chi connectivity index (χ2n) is 3.71. The van der Waals surface area contributed by atoms with Crippen LogP contribution < -0.4 is 10.6 Å². The van der Waals surface area contributed by atoms with Crippen LogP contribution in [-0.4, -0.2) is 30.6 Å². The lowest BCUT2D eigenvalue weighted by molar-refractivity contribution is -0.120. The highest BCUT2D eigenvalue weighted by Crippen LogP contribution is 2.18. The number of hydrogen-bond acceptors (Lipinski definition) is 3. The molecule has 1 rings (SSSR count). The zero-order valence-corrected chi connectivity index (χ0v) is 11.6. The van der Waals surface area contributed by atoms with Crippen molar-refractivity contribution in [1.29, 1.82) is 0 Å². The molecule has 0 saturated heterocycles. The van der Waals surface area contributed by atoms with Gasteiger partial charge in [0.25, 0.3) is 0 Å². The lowest BCUT2D eigenvalue weighted by Gasteiger charge is -2.07. The van der Waals surface area contributed by atoms with E-state index in [0.29, 0.717) is 19.5 Å². The van der Waals surface area contributed by atoms with Crippen LogP contribution in [0.3, 0.4) is 0 Å². The molecular weight excluding hydrogens is 300 g/mol. The molecule has 0 aliphatic rings. The Bertz CT molecular complexity index is 449. The number of carbonyl (C=O) groups excluding carboxylic acids is 1. The quantitative estimate of drug-likeness (QED) is 0.693. The molecule has 0 radical (unpaired) electrons. The van der Waals surface area contributed by atoms with Crippen molar-refractivity contribution in [3.05, 3.63) is 33.8 Å². The number of aromatic carboxylic acids is 1. The highest BCUT2D eigenvalue weighted by Gasteiger charge is 2.06. The van der Waals surface area contributed by atoms with E-state index in [-0.39, 0.29) is 11.5 Å². The maximum Gasteiger partial charge on any atom is 0.335 e. The van der Waals surface area contributed by atoms with Crippen molar-refractivity contribution in [2.45, 2.75) is 13.0 Å². The fourth-order valence-corrected chi connectivity index (χ4v) is 1.89. The van der Waals surface area contributed by atoms with E-state index in [2.05, 4.69) is 26.6 Å². The third-order valence-corrected chi connectivity index (χ3v) is 3.16. The summed E-state index contributed by atoms with van der Waals surface area (Å²) in [6.07, 6.45) is 0.418. The van der Waals surface area contributed by atoms with Gasteiger partial charge in [-0.1, -0.05) is 22.0 Å². The number of benzene rings is 1. The summed E-state index contributed by atoms with van der Waals surface area (Å²) < 4.78 is 0.745. The summed E-state index contributed by atoms with van der Waals surface area (Å²) in [6, 6.07) is 4.88. The Morgan fingerprint density at radius 2 is 2.11 bits per heavy atom. The summed E-state index contributed by atoms with van der Waals surface area (Å²) in [6.45, 7) is 1.16. The first-order valence-corrected chi connectivity index (χ1v) is 6.27. The van der Waals surface area contributed by atoms with Crippen molar-refractivity contribution in [2.75, 3.05) is 13.6 Å². The third kappa shape index (κ3) is 4.46. The molecule has 1 amide bonds. The van der Waals surface area contributed by atoms with Crippen molar-refractivity contribution in [2.24, 2.45) is 0 Å². The van der Waals surface area contributed by atoms with E-state index >= 15 is 0 Å². The lowest BCUT2D eigenvalue weighted by atomic mass is 10.1. The monoisotopic (exact) mass is 314 g/mol. The summed E-state index contributed by atoms with van der Waals surface area (Å²) >= 11 is 3.33. The molecule has 3 N–H and O–H groups in total. The Hall–Kier alpha value is -1.40. The number of nitrogens with one attached hydrogen (secondary N) is 2. The molecule has 6 heteroatoms. The summed E-state index contributed by atoms with van der Waals surface area (Å²) in [5.41, 5.74) is 1.20. The molecule has 0 atom stereocenters. The maximum absolute atomic E-state index is 11.0. The molecule has 1 aromatic carbocycles. The van der Waals surface area contributed by atoms with Crippen LogP contribution in [0, 0.1) is 0 Å². The summed E-state index contributed by atoms with van der Waals surface area (Å²) in [5.74, 6) is -0.961.